The molecule has 4 nitrogen and oxygen atoms in total. The van der Waals surface area contributed by atoms with Gasteiger partial charge in [-0.3, -0.25) is 4.79 Å². The number of anilines is 1. The van der Waals surface area contributed by atoms with E-state index >= 15 is 0 Å². The van der Waals surface area contributed by atoms with Crippen molar-refractivity contribution in [3.63, 3.8) is 0 Å². The molecule has 0 bridgehead atoms. The average molecular weight is 287 g/mol. The number of carbonyl (C=O) groups is 1. The average Bonchev–Trinajstić information content (AvgIpc) is 2.45. The fourth-order valence-electron chi connectivity index (χ4n) is 2.36. The lowest BCUT2D eigenvalue weighted by Crippen LogP contribution is -2.44. The Bertz CT molecular complexity index is 702. The molecule has 5 heteroatoms. The summed E-state index contributed by atoms with van der Waals surface area (Å²) in [5, 5.41) is 9.52. The molecule has 0 aromatic heterocycles. The van der Waals surface area contributed by atoms with Crippen LogP contribution in [0.15, 0.2) is 42.5 Å². The molecular weight excluding hydrogens is 273 g/mol. The highest BCUT2D eigenvalue weighted by Gasteiger charge is 2.32. The Kier molecular flexibility index (Phi) is 3.25. The summed E-state index contributed by atoms with van der Waals surface area (Å²) in [6, 6.07) is 10.9. The number of rotatable bonds is 2. The molecule has 1 heterocycles. The van der Waals surface area contributed by atoms with E-state index < -0.39 is 6.10 Å². The molecule has 1 N–H and O–H groups in total. The van der Waals surface area contributed by atoms with Gasteiger partial charge < -0.3 is 14.7 Å². The van der Waals surface area contributed by atoms with Crippen LogP contribution in [0.1, 0.15) is 12.5 Å². The predicted molar refractivity (Wildman–Crippen MR) is 75.8 cm³/mol. The fraction of sp³-hybridized carbons (Fsp3) is 0.188. The maximum atomic E-state index is 13.8. The first kappa shape index (κ1) is 13.4. The van der Waals surface area contributed by atoms with Crippen LogP contribution in [0.4, 0.5) is 10.1 Å². The fourth-order valence-corrected chi connectivity index (χ4v) is 2.36. The number of carbonyl (C=O) groups excluding carboxylic acids is 1. The van der Waals surface area contributed by atoms with Crippen LogP contribution in [-0.2, 0) is 11.3 Å². The number of halogens is 1. The van der Waals surface area contributed by atoms with Crippen molar-refractivity contribution < 1.29 is 19.0 Å². The Balaban J connectivity index is 2.01. The summed E-state index contributed by atoms with van der Waals surface area (Å²) < 4.78 is 19.3. The largest absolute Gasteiger partial charge is 0.508 e. The van der Waals surface area contributed by atoms with E-state index in [1.54, 1.807) is 31.2 Å². The van der Waals surface area contributed by atoms with Gasteiger partial charge in [0, 0.05) is 11.6 Å². The van der Waals surface area contributed by atoms with Crippen LogP contribution in [0.3, 0.4) is 0 Å². The van der Waals surface area contributed by atoms with E-state index in [0.29, 0.717) is 17.0 Å². The van der Waals surface area contributed by atoms with Gasteiger partial charge in [0.1, 0.15) is 17.3 Å². The number of hydrogen-bond acceptors (Lipinski definition) is 3. The first-order chi connectivity index (χ1) is 10.1. The zero-order chi connectivity index (χ0) is 15.0. The van der Waals surface area contributed by atoms with Crippen molar-refractivity contribution in [1.82, 2.24) is 0 Å². The number of benzene rings is 2. The van der Waals surface area contributed by atoms with Gasteiger partial charge in [-0.2, -0.15) is 0 Å². The minimum Gasteiger partial charge on any atom is -0.508 e. The molecule has 2 aromatic carbocycles. The minimum atomic E-state index is -0.675. The van der Waals surface area contributed by atoms with Gasteiger partial charge in [-0.1, -0.05) is 18.2 Å². The second kappa shape index (κ2) is 5.09. The van der Waals surface area contributed by atoms with Gasteiger partial charge >= 0.3 is 0 Å². The summed E-state index contributed by atoms with van der Waals surface area (Å²) in [7, 11) is 0. The molecule has 1 atom stereocenters. The molecular formula is C16H14FNO3. The Labute approximate surface area is 121 Å². The summed E-state index contributed by atoms with van der Waals surface area (Å²) in [5.74, 6) is -0.124. The van der Waals surface area contributed by atoms with E-state index in [0.717, 1.165) is 0 Å². The van der Waals surface area contributed by atoms with Crippen molar-refractivity contribution in [3.05, 3.63) is 53.8 Å². The predicted octanol–water partition coefficient (Wildman–Crippen LogP) is 2.85. The molecule has 1 aliphatic rings. The zero-order valence-electron chi connectivity index (χ0n) is 11.4. The Morgan fingerprint density at radius 2 is 2.05 bits per heavy atom. The van der Waals surface area contributed by atoms with Gasteiger partial charge in [0.25, 0.3) is 5.91 Å². The Hall–Kier alpha value is -2.56. The lowest BCUT2D eigenvalue weighted by atomic mass is 10.1. The number of phenolic OH excluding ortho intramolecular Hbond substituents is 1. The van der Waals surface area contributed by atoms with E-state index in [-0.39, 0.29) is 24.0 Å². The van der Waals surface area contributed by atoms with Crippen molar-refractivity contribution in [2.24, 2.45) is 0 Å². The van der Waals surface area contributed by atoms with Crippen molar-refractivity contribution >= 4 is 11.6 Å². The standard InChI is InChI=1S/C16H14FNO3/c1-10-16(20)18(9-11-4-2-3-5-13(11)17)14-7-6-12(19)8-15(14)21-10/h2-8,10,19H,9H2,1H3. The first-order valence-electron chi connectivity index (χ1n) is 6.60. The molecule has 0 saturated carbocycles. The summed E-state index contributed by atoms with van der Waals surface area (Å²) in [6.45, 7) is 1.75. The number of nitrogens with zero attached hydrogens (tertiary/aromatic N) is 1. The molecule has 1 aliphatic heterocycles. The summed E-state index contributed by atoms with van der Waals surface area (Å²) >= 11 is 0. The highest BCUT2D eigenvalue weighted by molar-refractivity contribution is 5.99. The molecule has 2 aromatic rings. The second-order valence-electron chi connectivity index (χ2n) is 4.93. The quantitative estimate of drug-likeness (QED) is 0.924. The molecule has 108 valence electrons. The smallest absolute Gasteiger partial charge is 0.268 e. The lowest BCUT2D eigenvalue weighted by molar-refractivity contribution is -0.125. The van der Waals surface area contributed by atoms with Crippen molar-refractivity contribution in [2.75, 3.05) is 4.90 Å². The van der Waals surface area contributed by atoms with E-state index in [4.69, 9.17) is 4.74 Å². The number of phenols is 1. The minimum absolute atomic E-state index is 0.0566. The van der Waals surface area contributed by atoms with Gasteiger partial charge in [0.15, 0.2) is 6.10 Å². The third kappa shape index (κ3) is 2.42. The van der Waals surface area contributed by atoms with Crippen molar-refractivity contribution in [1.29, 1.82) is 0 Å². The van der Waals surface area contributed by atoms with Crippen LogP contribution < -0.4 is 9.64 Å². The number of aromatic hydroxyl groups is 1. The molecule has 21 heavy (non-hydrogen) atoms. The molecule has 0 fully saturated rings. The molecule has 3 rings (SSSR count). The van der Waals surface area contributed by atoms with Gasteiger partial charge in [0.2, 0.25) is 0 Å². The van der Waals surface area contributed by atoms with E-state index in [1.807, 2.05) is 0 Å². The highest BCUT2D eigenvalue weighted by Crippen LogP contribution is 2.37. The van der Waals surface area contributed by atoms with E-state index in [2.05, 4.69) is 0 Å². The van der Waals surface area contributed by atoms with Crippen LogP contribution in [0.25, 0.3) is 0 Å². The van der Waals surface area contributed by atoms with Crippen LogP contribution >= 0.6 is 0 Å². The maximum Gasteiger partial charge on any atom is 0.268 e. The van der Waals surface area contributed by atoms with Crippen LogP contribution in [-0.4, -0.2) is 17.1 Å². The highest BCUT2D eigenvalue weighted by atomic mass is 19.1. The maximum absolute atomic E-state index is 13.8. The Morgan fingerprint density at radius 3 is 2.81 bits per heavy atom. The molecule has 1 unspecified atom stereocenters. The van der Waals surface area contributed by atoms with Crippen LogP contribution in [0, 0.1) is 5.82 Å². The van der Waals surface area contributed by atoms with Crippen LogP contribution in [0.2, 0.25) is 0 Å². The molecule has 0 radical (unpaired) electrons. The number of fused-ring (bicyclic) bond motifs is 1. The molecule has 0 spiro atoms. The normalized spacial score (nSPS) is 17.3. The number of amides is 1. The summed E-state index contributed by atoms with van der Waals surface area (Å²) in [5.41, 5.74) is 0.957. The molecule has 0 saturated heterocycles. The lowest BCUT2D eigenvalue weighted by Gasteiger charge is -2.33. The van der Waals surface area contributed by atoms with Gasteiger partial charge in [-0.25, -0.2) is 4.39 Å². The van der Waals surface area contributed by atoms with Crippen LogP contribution in [0.5, 0.6) is 11.5 Å². The van der Waals surface area contributed by atoms with Gasteiger partial charge in [0.05, 0.1) is 12.2 Å². The van der Waals surface area contributed by atoms with Crippen molar-refractivity contribution in [3.8, 4) is 11.5 Å². The number of hydrogen-bond donors (Lipinski definition) is 1. The molecule has 0 aliphatic carbocycles. The SMILES string of the molecule is CC1Oc2cc(O)ccc2N(Cc2ccccc2F)C1=O. The van der Waals surface area contributed by atoms with E-state index in [1.165, 1.54) is 23.1 Å². The zero-order valence-corrected chi connectivity index (χ0v) is 11.4. The monoisotopic (exact) mass is 287 g/mol. The van der Waals surface area contributed by atoms with E-state index in [9.17, 15) is 14.3 Å². The van der Waals surface area contributed by atoms with Gasteiger partial charge in [-0.15, -0.1) is 0 Å². The topological polar surface area (TPSA) is 49.8 Å². The summed E-state index contributed by atoms with van der Waals surface area (Å²) in [6.07, 6.45) is -0.675. The summed E-state index contributed by atoms with van der Waals surface area (Å²) in [4.78, 5) is 13.8. The van der Waals surface area contributed by atoms with Crippen molar-refractivity contribution in [2.45, 2.75) is 19.6 Å². The number of ether oxygens (including phenoxy) is 1. The molecule has 1 amide bonds. The first-order valence-corrected chi connectivity index (χ1v) is 6.60. The Morgan fingerprint density at radius 1 is 1.29 bits per heavy atom. The van der Waals surface area contributed by atoms with Gasteiger partial charge in [-0.05, 0) is 25.1 Å². The third-order valence-electron chi connectivity index (χ3n) is 3.44. The second-order valence-corrected chi connectivity index (χ2v) is 4.93. The third-order valence-corrected chi connectivity index (χ3v) is 3.44.